The summed E-state index contributed by atoms with van der Waals surface area (Å²) in [7, 11) is 0. The van der Waals surface area contributed by atoms with Gasteiger partial charge in [-0.2, -0.15) is 0 Å². The van der Waals surface area contributed by atoms with Crippen LogP contribution in [0.3, 0.4) is 0 Å². The van der Waals surface area contributed by atoms with Crippen molar-refractivity contribution < 1.29 is 9.72 Å². The van der Waals surface area contributed by atoms with Gasteiger partial charge >= 0.3 is 0 Å². The SMILES string of the molecule is Cc1sc2ncn(CCC(=O)N3CCN(c4ccc(Cl)cc4[N+](=O)[O-])CC3)c(=O)c2c1C. The molecule has 1 aliphatic rings. The number of carbonyl (C=O) groups is 1. The highest BCUT2D eigenvalue weighted by atomic mass is 35.5. The Morgan fingerprint density at radius 3 is 2.66 bits per heavy atom. The van der Waals surface area contributed by atoms with Crippen LogP contribution >= 0.6 is 22.9 Å². The molecule has 0 spiro atoms. The fourth-order valence-corrected chi connectivity index (χ4v) is 5.06. The number of fused-ring (bicyclic) bond motifs is 1. The highest BCUT2D eigenvalue weighted by Crippen LogP contribution is 2.31. The Morgan fingerprint density at radius 2 is 1.97 bits per heavy atom. The molecule has 3 heterocycles. The fourth-order valence-electron chi connectivity index (χ4n) is 3.91. The maximum Gasteiger partial charge on any atom is 0.294 e. The minimum absolute atomic E-state index is 0.0431. The molecule has 3 aromatic rings. The Kier molecular flexibility index (Phi) is 6.16. The van der Waals surface area contributed by atoms with Crippen molar-refractivity contribution in [1.29, 1.82) is 0 Å². The van der Waals surface area contributed by atoms with Gasteiger partial charge in [-0.05, 0) is 31.5 Å². The average molecular weight is 476 g/mol. The van der Waals surface area contributed by atoms with Crippen LogP contribution in [0.25, 0.3) is 10.2 Å². The predicted octanol–water partition coefficient (Wildman–Crippen LogP) is 3.38. The van der Waals surface area contributed by atoms with Gasteiger partial charge in [0.25, 0.3) is 11.2 Å². The highest BCUT2D eigenvalue weighted by Gasteiger charge is 2.26. The van der Waals surface area contributed by atoms with E-state index in [4.69, 9.17) is 11.6 Å². The molecular formula is C21H22ClN5O4S. The van der Waals surface area contributed by atoms with Crippen molar-refractivity contribution in [3.63, 3.8) is 0 Å². The molecule has 0 unspecified atom stereocenters. The highest BCUT2D eigenvalue weighted by molar-refractivity contribution is 7.18. The Bertz CT molecular complexity index is 1260. The van der Waals surface area contributed by atoms with Gasteiger partial charge in [0.15, 0.2) is 0 Å². The number of hydrogen-bond acceptors (Lipinski definition) is 7. The molecule has 0 radical (unpaired) electrons. The van der Waals surface area contributed by atoms with E-state index in [1.807, 2.05) is 18.7 Å². The average Bonchev–Trinajstić information content (AvgIpc) is 3.07. The van der Waals surface area contributed by atoms with Crippen LogP contribution in [0, 0.1) is 24.0 Å². The summed E-state index contributed by atoms with van der Waals surface area (Å²) >= 11 is 7.40. The summed E-state index contributed by atoms with van der Waals surface area (Å²) in [6.45, 7) is 6.01. The van der Waals surface area contributed by atoms with E-state index in [1.165, 1.54) is 28.3 Å². The van der Waals surface area contributed by atoms with E-state index in [-0.39, 0.29) is 30.1 Å². The maximum absolute atomic E-state index is 12.8. The fraction of sp³-hybridized carbons (Fsp3) is 0.381. The van der Waals surface area contributed by atoms with Gasteiger partial charge < -0.3 is 9.80 Å². The molecule has 0 bridgehead atoms. The third kappa shape index (κ3) is 4.20. The van der Waals surface area contributed by atoms with E-state index >= 15 is 0 Å². The number of nitro benzene ring substituents is 1. The van der Waals surface area contributed by atoms with Crippen LogP contribution in [0.2, 0.25) is 5.02 Å². The molecular weight excluding hydrogens is 454 g/mol. The summed E-state index contributed by atoms with van der Waals surface area (Å²) in [4.78, 5) is 46.2. The van der Waals surface area contributed by atoms with Crippen LogP contribution in [0.5, 0.6) is 0 Å². The summed E-state index contributed by atoms with van der Waals surface area (Å²) in [5.74, 6) is -0.0551. The van der Waals surface area contributed by atoms with Gasteiger partial charge in [-0.1, -0.05) is 11.6 Å². The molecule has 9 nitrogen and oxygen atoms in total. The van der Waals surface area contributed by atoms with Gasteiger partial charge in [0.1, 0.15) is 10.5 Å². The number of thiophene rings is 1. The molecule has 4 rings (SSSR count). The first kappa shape index (κ1) is 22.2. The number of benzene rings is 1. The third-order valence-electron chi connectivity index (χ3n) is 5.83. The van der Waals surface area contributed by atoms with Crippen LogP contribution in [-0.2, 0) is 11.3 Å². The van der Waals surface area contributed by atoms with Gasteiger partial charge in [-0.3, -0.25) is 24.3 Å². The summed E-state index contributed by atoms with van der Waals surface area (Å²) in [5, 5.41) is 12.3. The summed E-state index contributed by atoms with van der Waals surface area (Å²) < 4.78 is 1.49. The van der Waals surface area contributed by atoms with Crippen LogP contribution in [-0.4, -0.2) is 51.5 Å². The molecule has 1 amide bonds. The van der Waals surface area contributed by atoms with E-state index in [2.05, 4.69) is 4.98 Å². The first-order valence-corrected chi connectivity index (χ1v) is 11.4. The number of nitrogens with zero attached hydrogens (tertiary/aromatic N) is 5. The molecule has 0 N–H and O–H groups in total. The van der Waals surface area contributed by atoms with E-state index in [9.17, 15) is 19.7 Å². The predicted molar refractivity (Wildman–Crippen MR) is 125 cm³/mol. The van der Waals surface area contributed by atoms with Crippen molar-refractivity contribution in [3.8, 4) is 0 Å². The number of halogens is 1. The number of anilines is 1. The Balaban J connectivity index is 1.39. The molecule has 11 heteroatoms. The van der Waals surface area contributed by atoms with Crippen molar-refractivity contribution >= 4 is 50.4 Å². The van der Waals surface area contributed by atoms with Crippen molar-refractivity contribution in [2.75, 3.05) is 31.1 Å². The van der Waals surface area contributed by atoms with Crippen LogP contribution in [0.1, 0.15) is 16.9 Å². The first-order valence-electron chi connectivity index (χ1n) is 10.2. The van der Waals surface area contributed by atoms with E-state index in [0.717, 1.165) is 15.3 Å². The molecule has 1 aromatic carbocycles. The summed E-state index contributed by atoms with van der Waals surface area (Å²) in [6.07, 6.45) is 1.70. The number of aromatic nitrogens is 2. The number of rotatable bonds is 5. The van der Waals surface area contributed by atoms with E-state index in [0.29, 0.717) is 42.3 Å². The first-order chi connectivity index (χ1) is 15.3. The second kappa shape index (κ2) is 8.87. The molecule has 1 fully saturated rings. The van der Waals surface area contributed by atoms with Crippen molar-refractivity contribution in [3.05, 3.63) is 60.5 Å². The lowest BCUT2D eigenvalue weighted by Gasteiger charge is -2.36. The Hall–Kier alpha value is -2.98. The van der Waals surface area contributed by atoms with Crippen molar-refractivity contribution in [2.45, 2.75) is 26.8 Å². The van der Waals surface area contributed by atoms with Gasteiger partial charge in [-0.25, -0.2) is 4.98 Å². The lowest BCUT2D eigenvalue weighted by molar-refractivity contribution is -0.384. The molecule has 2 aromatic heterocycles. The molecule has 1 saturated heterocycles. The summed E-state index contributed by atoms with van der Waals surface area (Å²) in [6, 6.07) is 4.61. The lowest BCUT2D eigenvalue weighted by atomic mass is 10.2. The third-order valence-corrected chi connectivity index (χ3v) is 7.18. The maximum atomic E-state index is 12.8. The normalized spacial score (nSPS) is 14.2. The van der Waals surface area contributed by atoms with Crippen molar-refractivity contribution in [2.24, 2.45) is 0 Å². The topological polar surface area (TPSA) is 102 Å². The molecule has 1 aliphatic heterocycles. The second-order valence-corrected chi connectivity index (χ2v) is 9.35. The minimum Gasteiger partial charge on any atom is -0.362 e. The van der Waals surface area contributed by atoms with Gasteiger partial charge in [0.2, 0.25) is 5.91 Å². The zero-order chi connectivity index (χ0) is 23.0. The van der Waals surface area contributed by atoms with Gasteiger partial charge in [0, 0.05) is 55.1 Å². The van der Waals surface area contributed by atoms with Gasteiger partial charge in [0.05, 0.1) is 16.6 Å². The Labute approximate surface area is 193 Å². The monoisotopic (exact) mass is 475 g/mol. The smallest absolute Gasteiger partial charge is 0.294 e. The van der Waals surface area contributed by atoms with Crippen molar-refractivity contribution in [1.82, 2.24) is 14.5 Å². The quantitative estimate of drug-likeness (QED) is 0.414. The Morgan fingerprint density at radius 1 is 1.25 bits per heavy atom. The number of hydrogen-bond donors (Lipinski definition) is 0. The number of amides is 1. The molecule has 32 heavy (non-hydrogen) atoms. The lowest BCUT2D eigenvalue weighted by Crippen LogP contribution is -2.49. The summed E-state index contributed by atoms with van der Waals surface area (Å²) in [5.41, 5.74) is 1.28. The number of nitro groups is 1. The molecule has 0 saturated carbocycles. The largest absolute Gasteiger partial charge is 0.362 e. The van der Waals surface area contributed by atoms with Crippen LogP contribution < -0.4 is 10.5 Å². The van der Waals surface area contributed by atoms with E-state index < -0.39 is 4.92 Å². The number of piperazine rings is 1. The molecule has 168 valence electrons. The number of carbonyl (C=O) groups excluding carboxylic acids is 1. The van der Waals surface area contributed by atoms with Crippen LogP contribution in [0.15, 0.2) is 29.3 Å². The second-order valence-electron chi connectivity index (χ2n) is 7.71. The van der Waals surface area contributed by atoms with Crippen LogP contribution in [0.4, 0.5) is 11.4 Å². The zero-order valence-electron chi connectivity index (χ0n) is 17.7. The standard InChI is InChI=1S/C21H22ClN5O4S/c1-13-14(2)32-20-19(13)21(29)26(12-23-20)6-5-18(28)25-9-7-24(8-10-25)16-4-3-15(22)11-17(16)27(30)31/h3-4,11-12H,5-10H2,1-2H3. The number of aryl methyl sites for hydroxylation is 3. The molecule has 0 aliphatic carbocycles. The molecule has 0 atom stereocenters. The van der Waals surface area contributed by atoms with Gasteiger partial charge in [-0.15, -0.1) is 11.3 Å². The van der Waals surface area contributed by atoms with E-state index in [1.54, 1.807) is 17.0 Å². The minimum atomic E-state index is -0.446. The zero-order valence-corrected chi connectivity index (χ0v) is 19.3.